The van der Waals surface area contributed by atoms with Gasteiger partial charge in [0.05, 0.1) is 6.57 Å². The van der Waals surface area contributed by atoms with Crippen LogP contribution in [0.4, 0.5) is 5.69 Å². The Morgan fingerprint density at radius 1 is 0.438 bits per heavy atom. The summed E-state index contributed by atoms with van der Waals surface area (Å²) in [5, 5.41) is 4.93. The van der Waals surface area contributed by atoms with Gasteiger partial charge in [-0.2, -0.15) is 0 Å². The Labute approximate surface area is 188 Å². The van der Waals surface area contributed by atoms with E-state index in [-0.39, 0.29) is 0 Å². The number of benzene rings is 5. The highest BCUT2D eigenvalue weighted by atomic mass is 14.6. The molecule has 0 aliphatic heterocycles. The predicted molar refractivity (Wildman–Crippen MR) is 138 cm³/mol. The van der Waals surface area contributed by atoms with E-state index in [4.69, 9.17) is 6.57 Å². The summed E-state index contributed by atoms with van der Waals surface area (Å²) < 4.78 is 0. The molecule has 0 fully saturated rings. The molecule has 0 aromatic heterocycles. The molecule has 0 bridgehead atoms. The van der Waals surface area contributed by atoms with E-state index in [1.807, 2.05) is 30.3 Å². The van der Waals surface area contributed by atoms with E-state index in [1.54, 1.807) is 0 Å². The molecule has 0 amide bonds. The fraction of sp³-hybridized carbons (Fsp3) is 0. The van der Waals surface area contributed by atoms with Gasteiger partial charge in [0.15, 0.2) is 5.69 Å². The van der Waals surface area contributed by atoms with Gasteiger partial charge < -0.3 is 0 Å². The van der Waals surface area contributed by atoms with E-state index in [0.717, 1.165) is 5.56 Å². The van der Waals surface area contributed by atoms with Crippen LogP contribution in [0, 0.1) is 6.57 Å². The maximum Gasteiger partial charge on any atom is 0.187 e. The summed E-state index contributed by atoms with van der Waals surface area (Å²) in [5.74, 6) is 0. The number of nitrogens with zero attached hydrogens (tertiary/aromatic N) is 1. The third-order valence-corrected chi connectivity index (χ3v) is 5.72. The summed E-state index contributed by atoms with van der Waals surface area (Å²) in [5.41, 5.74) is 5.37. The zero-order valence-corrected chi connectivity index (χ0v) is 17.6. The largest absolute Gasteiger partial charge is 0.238 e. The van der Waals surface area contributed by atoms with E-state index >= 15 is 0 Å². The average Bonchev–Trinajstić information content (AvgIpc) is 2.87. The van der Waals surface area contributed by atoms with Crippen molar-refractivity contribution >= 4 is 51.5 Å². The van der Waals surface area contributed by atoms with Gasteiger partial charge in [0, 0.05) is 0 Å². The molecule has 0 heterocycles. The van der Waals surface area contributed by atoms with Crippen molar-refractivity contribution in [3.8, 4) is 0 Å². The van der Waals surface area contributed by atoms with Gasteiger partial charge in [0.1, 0.15) is 0 Å². The quantitative estimate of drug-likeness (QED) is 0.159. The molecule has 150 valence electrons. The lowest BCUT2D eigenvalue weighted by Crippen LogP contribution is -1.88. The molecular formula is C31H21N. The van der Waals surface area contributed by atoms with Crippen LogP contribution in [-0.4, -0.2) is 0 Å². The van der Waals surface area contributed by atoms with Crippen molar-refractivity contribution < 1.29 is 0 Å². The van der Waals surface area contributed by atoms with Crippen LogP contribution in [0.1, 0.15) is 22.3 Å². The lowest BCUT2D eigenvalue weighted by atomic mass is 9.91. The van der Waals surface area contributed by atoms with Crippen LogP contribution in [0.5, 0.6) is 0 Å². The Kier molecular flexibility index (Phi) is 5.35. The molecule has 0 radical (unpaired) electrons. The molecule has 0 atom stereocenters. The Morgan fingerprint density at radius 3 is 1.28 bits per heavy atom. The van der Waals surface area contributed by atoms with Gasteiger partial charge >= 0.3 is 0 Å². The number of rotatable bonds is 4. The summed E-state index contributed by atoms with van der Waals surface area (Å²) in [6, 6.07) is 35.3. The Morgan fingerprint density at radius 2 is 0.844 bits per heavy atom. The van der Waals surface area contributed by atoms with Crippen LogP contribution < -0.4 is 0 Å². The lowest BCUT2D eigenvalue weighted by Gasteiger charge is -2.13. The highest BCUT2D eigenvalue weighted by molar-refractivity contribution is 6.14. The van der Waals surface area contributed by atoms with E-state index in [0.29, 0.717) is 5.69 Å². The van der Waals surface area contributed by atoms with Crippen LogP contribution in [0.15, 0.2) is 103 Å². The minimum Gasteiger partial charge on any atom is -0.238 e. The second-order valence-corrected chi connectivity index (χ2v) is 7.70. The van der Waals surface area contributed by atoms with Crippen LogP contribution in [0.2, 0.25) is 0 Å². The van der Waals surface area contributed by atoms with Crippen molar-refractivity contribution in [2.45, 2.75) is 0 Å². The molecule has 1 heteroatoms. The summed E-state index contributed by atoms with van der Waals surface area (Å²) in [6.07, 6.45) is 8.74. The average molecular weight is 408 g/mol. The molecule has 0 saturated carbocycles. The zero-order valence-electron chi connectivity index (χ0n) is 17.6. The van der Waals surface area contributed by atoms with Crippen LogP contribution in [0.3, 0.4) is 0 Å². The standard InChI is InChI=1S/C31H21N/c1-32-25-19-15-24(16-20-25)18-22-31-28-13-7-5-11-26(28)30(27-12-6-8-14-29(27)31)21-17-23-9-3-2-4-10-23/h2-22H. The van der Waals surface area contributed by atoms with Crippen molar-refractivity contribution in [1.29, 1.82) is 0 Å². The van der Waals surface area contributed by atoms with Crippen molar-refractivity contribution in [2.24, 2.45) is 0 Å². The second-order valence-electron chi connectivity index (χ2n) is 7.70. The van der Waals surface area contributed by atoms with Crippen molar-refractivity contribution in [3.05, 3.63) is 137 Å². The molecule has 1 nitrogen and oxygen atoms in total. The zero-order chi connectivity index (χ0) is 21.8. The summed E-state index contributed by atoms with van der Waals surface area (Å²) in [7, 11) is 0. The first-order valence-electron chi connectivity index (χ1n) is 10.7. The number of fused-ring (bicyclic) bond motifs is 2. The normalized spacial score (nSPS) is 11.5. The molecule has 0 aliphatic rings. The molecule has 5 aromatic rings. The Bertz CT molecular complexity index is 1440. The Hall–Kier alpha value is -4.41. The van der Waals surface area contributed by atoms with Crippen molar-refractivity contribution in [3.63, 3.8) is 0 Å². The van der Waals surface area contributed by atoms with Gasteiger partial charge in [0.25, 0.3) is 0 Å². The highest BCUT2D eigenvalue weighted by Gasteiger charge is 2.10. The number of hydrogen-bond acceptors (Lipinski definition) is 0. The van der Waals surface area contributed by atoms with E-state index < -0.39 is 0 Å². The smallest absolute Gasteiger partial charge is 0.187 e. The Balaban J connectivity index is 1.69. The SMILES string of the molecule is [C-]#[N+]c1ccc(C=Cc2c3ccccc3c(C=Cc3ccccc3)c3ccccc23)cc1. The monoisotopic (exact) mass is 407 g/mol. The maximum atomic E-state index is 7.14. The van der Waals surface area contributed by atoms with E-state index in [1.165, 1.54) is 38.2 Å². The van der Waals surface area contributed by atoms with Gasteiger partial charge in [-0.15, -0.1) is 0 Å². The summed E-state index contributed by atoms with van der Waals surface area (Å²) in [4.78, 5) is 3.48. The van der Waals surface area contributed by atoms with Gasteiger partial charge in [-0.05, 0) is 43.8 Å². The molecule has 5 rings (SSSR count). The third-order valence-electron chi connectivity index (χ3n) is 5.72. The van der Waals surface area contributed by atoms with Crippen molar-refractivity contribution in [2.75, 3.05) is 0 Å². The molecule has 0 saturated heterocycles. The molecule has 32 heavy (non-hydrogen) atoms. The topological polar surface area (TPSA) is 4.36 Å². The van der Waals surface area contributed by atoms with Crippen LogP contribution in [-0.2, 0) is 0 Å². The molecule has 0 N–H and O–H groups in total. The van der Waals surface area contributed by atoms with Crippen molar-refractivity contribution in [1.82, 2.24) is 0 Å². The van der Waals surface area contributed by atoms with Gasteiger partial charge in [-0.25, -0.2) is 4.85 Å². The highest BCUT2D eigenvalue weighted by Crippen LogP contribution is 2.35. The lowest BCUT2D eigenvalue weighted by molar-refractivity contribution is 1.66. The molecule has 0 unspecified atom stereocenters. The van der Waals surface area contributed by atoms with E-state index in [9.17, 15) is 0 Å². The van der Waals surface area contributed by atoms with Crippen LogP contribution in [0.25, 0.3) is 50.7 Å². The van der Waals surface area contributed by atoms with E-state index in [2.05, 4.69) is 102 Å². The first-order chi connectivity index (χ1) is 15.8. The fourth-order valence-electron chi connectivity index (χ4n) is 4.14. The van der Waals surface area contributed by atoms with Gasteiger partial charge in [-0.1, -0.05) is 127 Å². The minimum atomic E-state index is 0.660. The molecule has 0 spiro atoms. The van der Waals surface area contributed by atoms with Gasteiger partial charge in [-0.3, -0.25) is 0 Å². The number of hydrogen-bond donors (Lipinski definition) is 0. The van der Waals surface area contributed by atoms with Gasteiger partial charge in [0.2, 0.25) is 0 Å². The molecular weight excluding hydrogens is 386 g/mol. The molecule has 5 aromatic carbocycles. The molecule has 0 aliphatic carbocycles. The fourth-order valence-corrected chi connectivity index (χ4v) is 4.14. The summed E-state index contributed by atoms with van der Waals surface area (Å²) >= 11 is 0. The first-order valence-corrected chi connectivity index (χ1v) is 10.7. The van der Waals surface area contributed by atoms with Crippen LogP contribution >= 0.6 is 0 Å². The minimum absolute atomic E-state index is 0.660. The summed E-state index contributed by atoms with van der Waals surface area (Å²) in [6.45, 7) is 7.14. The first kappa shape index (κ1) is 19.5. The third kappa shape index (κ3) is 3.83. The maximum absolute atomic E-state index is 7.14. The second kappa shape index (κ2) is 8.76. The predicted octanol–water partition coefficient (Wildman–Crippen LogP) is 8.88.